The number of carbonyl (C=O) groups is 1. The van der Waals surface area contributed by atoms with Gasteiger partial charge >= 0.3 is 5.97 Å². The molecule has 2 atom stereocenters. The summed E-state index contributed by atoms with van der Waals surface area (Å²) in [5.74, 6) is -3.62. The van der Waals surface area contributed by atoms with E-state index in [0.29, 0.717) is 79.9 Å². The molecule has 1 saturated heterocycles. The van der Waals surface area contributed by atoms with E-state index in [2.05, 4.69) is 0 Å². The Bertz CT molecular complexity index is 1880. The average molecular weight is 681 g/mol. The summed E-state index contributed by atoms with van der Waals surface area (Å²) in [4.78, 5) is 19.5. The molecule has 3 N–H and O–H groups in total. The molecule has 7 rings (SSSR count). The van der Waals surface area contributed by atoms with Crippen LogP contribution in [0.1, 0.15) is 77.0 Å². The van der Waals surface area contributed by atoms with Gasteiger partial charge in [0.15, 0.2) is 17.7 Å². The average Bonchev–Trinajstić information content (AvgIpc) is 3.35. The van der Waals surface area contributed by atoms with E-state index in [1.807, 2.05) is 11.8 Å². The lowest BCUT2D eigenvalue weighted by molar-refractivity contribution is -0.160. The minimum Gasteiger partial charge on any atom is -0.479 e. The number of aryl methyl sites for hydroxylation is 1. The van der Waals surface area contributed by atoms with Gasteiger partial charge in [-0.1, -0.05) is 18.2 Å². The number of hydrogen-bond acceptors (Lipinski definition) is 7. The summed E-state index contributed by atoms with van der Waals surface area (Å²) >= 11 is 0. The van der Waals surface area contributed by atoms with Crippen LogP contribution in [0.3, 0.4) is 0 Å². The van der Waals surface area contributed by atoms with Gasteiger partial charge < -0.3 is 24.2 Å². The van der Waals surface area contributed by atoms with Crippen LogP contribution in [0, 0.1) is 24.5 Å². The van der Waals surface area contributed by atoms with Crippen molar-refractivity contribution in [1.29, 1.82) is 0 Å². The lowest BCUT2D eigenvalue weighted by atomic mass is 9.92. The SMILES string of the molecule is Cc1cc2nc3c(F)n2c(c1[C@H](OC(C)(C)C)C(=O)O)N1CCC(C)(CC1)OCCCC[C@H](N)Oc1cc(F)c(F)cc1-c1cccc-3c1. The Morgan fingerprint density at radius 1 is 1.08 bits per heavy atom. The maximum atomic E-state index is 17.0. The van der Waals surface area contributed by atoms with E-state index in [9.17, 15) is 18.7 Å². The first-order valence-electron chi connectivity index (χ1n) is 16.7. The van der Waals surface area contributed by atoms with Crippen LogP contribution in [0.15, 0.2) is 42.5 Å². The van der Waals surface area contributed by atoms with Crippen molar-refractivity contribution >= 4 is 17.4 Å². The summed E-state index contributed by atoms with van der Waals surface area (Å²) in [5, 5.41) is 10.5. The molecule has 262 valence electrons. The standard InChI is InChI=1S/C37H43F3N4O5/c1-21-17-29-42-31-23-10-8-9-22(18-23)24-19-25(38)26(39)20-27(24)48-28(41)11-6-7-16-47-37(5)12-14-43(15-13-37)34(44(29)33(31)40)30(21)32(35(45)46)49-36(2,3)4/h8-10,17-20,28,32H,6-7,11-16,41H2,1-5H3,(H,45,46)/t28-,32+/m1/s1. The highest BCUT2D eigenvalue weighted by atomic mass is 19.2. The Labute approximate surface area is 283 Å². The molecule has 5 heterocycles. The van der Waals surface area contributed by atoms with E-state index in [-0.39, 0.29) is 22.7 Å². The fourth-order valence-electron chi connectivity index (χ4n) is 6.70. The van der Waals surface area contributed by atoms with Crippen LogP contribution in [0.2, 0.25) is 0 Å². The molecule has 0 unspecified atom stereocenters. The van der Waals surface area contributed by atoms with Crippen LogP contribution >= 0.6 is 0 Å². The molecule has 2 aromatic heterocycles. The van der Waals surface area contributed by atoms with Crippen LogP contribution in [-0.2, 0) is 14.3 Å². The number of hydrogen-bond donors (Lipinski definition) is 2. The van der Waals surface area contributed by atoms with Crippen LogP contribution in [0.4, 0.5) is 19.0 Å². The Balaban J connectivity index is 1.58. The van der Waals surface area contributed by atoms with Gasteiger partial charge in [0.2, 0.25) is 5.95 Å². The summed E-state index contributed by atoms with van der Waals surface area (Å²) in [5.41, 5.74) is 7.30. The Morgan fingerprint density at radius 3 is 2.47 bits per heavy atom. The number of nitrogens with zero attached hydrogens (tertiary/aromatic N) is 3. The maximum absolute atomic E-state index is 17.0. The number of benzene rings is 2. The lowest BCUT2D eigenvalue weighted by Crippen LogP contribution is -2.45. The summed E-state index contributed by atoms with van der Waals surface area (Å²) < 4.78 is 65.8. The van der Waals surface area contributed by atoms with Gasteiger partial charge in [-0.25, -0.2) is 18.6 Å². The Kier molecular flexibility index (Phi) is 9.42. The molecule has 4 aromatic rings. The summed E-state index contributed by atoms with van der Waals surface area (Å²) in [6.45, 7) is 10.6. The normalized spacial score (nSPS) is 21.0. The molecule has 0 spiro atoms. The fourth-order valence-corrected chi connectivity index (χ4v) is 6.70. The van der Waals surface area contributed by atoms with Crippen molar-refractivity contribution in [2.75, 3.05) is 24.6 Å². The zero-order valence-corrected chi connectivity index (χ0v) is 28.5. The van der Waals surface area contributed by atoms with Gasteiger partial charge in [-0.05, 0) is 96.0 Å². The molecule has 0 saturated carbocycles. The number of carboxylic acids is 1. The molecule has 49 heavy (non-hydrogen) atoms. The number of piperidine rings is 1. The number of halogens is 3. The van der Waals surface area contributed by atoms with E-state index in [4.69, 9.17) is 24.9 Å². The van der Waals surface area contributed by atoms with Crippen molar-refractivity contribution in [2.24, 2.45) is 5.73 Å². The minimum absolute atomic E-state index is 0.00426. The van der Waals surface area contributed by atoms with E-state index < -0.39 is 47.1 Å². The third kappa shape index (κ3) is 7.13. The highest BCUT2D eigenvalue weighted by molar-refractivity contribution is 5.81. The number of carboxylic acid groups (broad SMARTS) is 1. The monoisotopic (exact) mass is 680 g/mol. The zero-order valence-electron chi connectivity index (χ0n) is 28.5. The molecule has 3 aliphatic heterocycles. The molecule has 0 amide bonds. The van der Waals surface area contributed by atoms with Gasteiger partial charge in [-0.3, -0.25) is 10.1 Å². The summed E-state index contributed by atoms with van der Waals surface area (Å²) in [6, 6.07) is 10.3. The third-order valence-electron chi connectivity index (χ3n) is 9.23. The summed E-state index contributed by atoms with van der Waals surface area (Å²) in [7, 11) is 0. The first kappa shape index (κ1) is 34.7. The molecule has 6 bridgehead atoms. The van der Waals surface area contributed by atoms with Crippen LogP contribution < -0.4 is 15.4 Å². The fraction of sp³-hybridized carbons (Fsp3) is 0.459. The predicted octanol–water partition coefficient (Wildman–Crippen LogP) is 7.56. The van der Waals surface area contributed by atoms with E-state index >= 15 is 4.39 Å². The van der Waals surface area contributed by atoms with E-state index in [1.165, 1.54) is 4.40 Å². The molecule has 2 aromatic carbocycles. The highest BCUT2D eigenvalue weighted by Crippen LogP contribution is 2.41. The number of ether oxygens (including phenoxy) is 3. The molecular formula is C37H43F3N4O5. The number of nitrogens with two attached hydrogens (primary N) is 1. The van der Waals surface area contributed by atoms with Gasteiger partial charge in [0.1, 0.15) is 29.1 Å². The van der Waals surface area contributed by atoms with Gasteiger partial charge in [0, 0.05) is 42.5 Å². The number of pyridine rings is 1. The van der Waals surface area contributed by atoms with Crippen molar-refractivity contribution in [3.05, 3.63) is 71.2 Å². The topological polar surface area (TPSA) is 112 Å². The molecular weight excluding hydrogens is 637 g/mol. The maximum Gasteiger partial charge on any atom is 0.337 e. The first-order chi connectivity index (χ1) is 23.1. The molecule has 9 nitrogen and oxygen atoms in total. The number of anilines is 1. The molecule has 1 fully saturated rings. The molecule has 0 radical (unpaired) electrons. The van der Waals surface area contributed by atoms with Gasteiger partial charge in [0.25, 0.3) is 0 Å². The largest absolute Gasteiger partial charge is 0.479 e. The lowest BCUT2D eigenvalue weighted by Gasteiger charge is -2.41. The molecule has 0 aliphatic carbocycles. The number of aliphatic carboxylic acids is 1. The van der Waals surface area contributed by atoms with Gasteiger partial charge in [0.05, 0.1) is 11.2 Å². The molecule has 12 heteroatoms. The minimum atomic E-state index is -1.39. The van der Waals surface area contributed by atoms with Gasteiger partial charge in [-0.2, -0.15) is 4.39 Å². The van der Waals surface area contributed by atoms with Crippen LogP contribution in [0.5, 0.6) is 5.75 Å². The zero-order chi connectivity index (χ0) is 35.2. The molecule has 3 aliphatic rings. The van der Waals surface area contributed by atoms with Gasteiger partial charge in [-0.15, -0.1) is 0 Å². The second-order valence-corrected chi connectivity index (χ2v) is 14.2. The van der Waals surface area contributed by atoms with Crippen molar-refractivity contribution < 1.29 is 37.3 Å². The highest BCUT2D eigenvalue weighted by Gasteiger charge is 2.38. The predicted molar refractivity (Wildman–Crippen MR) is 180 cm³/mol. The quantitative estimate of drug-likeness (QED) is 0.228. The van der Waals surface area contributed by atoms with Crippen LogP contribution in [0.25, 0.3) is 28.0 Å². The number of imidazole rings is 1. The van der Waals surface area contributed by atoms with Crippen molar-refractivity contribution in [2.45, 2.75) is 90.3 Å². The smallest absolute Gasteiger partial charge is 0.337 e. The van der Waals surface area contributed by atoms with Crippen LogP contribution in [-0.4, -0.2) is 57.6 Å². The Hall–Kier alpha value is -4.13. The second-order valence-electron chi connectivity index (χ2n) is 14.2. The first-order valence-corrected chi connectivity index (χ1v) is 16.7. The van der Waals surface area contributed by atoms with E-state index in [1.54, 1.807) is 58.0 Å². The van der Waals surface area contributed by atoms with Crippen molar-refractivity contribution in [3.63, 3.8) is 0 Å². The summed E-state index contributed by atoms with van der Waals surface area (Å²) in [6.07, 6.45) is 0.925. The van der Waals surface area contributed by atoms with Crippen molar-refractivity contribution in [3.8, 4) is 28.1 Å². The Morgan fingerprint density at radius 2 is 1.78 bits per heavy atom. The van der Waals surface area contributed by atoms with Crippen molar-refractivity contribution in [1.82, 2.24) is 9.38 Å². The number of aromatic nitrogens is 2. The number of fused-ring (bicyclic) bond motifs is 8. The third-order valence-corrected chi connectivity index (χ3v) is 9.23. The number of rotatable bonds is 3. The van der Waals surface area contributed by atoms with E-state index in [0.717, 1.165) is 12.1 Å². The second kappa shape index (κ2) is 13.3.